The third-order valence-electron chi connectivity index (χ3n) is 3.50. The first-order chi connectivity index (χ1) is 9.70. The van der Waals surface area contributed by atoms with Gasteiger partial charge in [0, 0.05) is 25.4 Å². The highest BCUT2D eigenvalue weighted by Crippen LogP contribution is 2.34. The molecule has 0 radical (unpaired) electrons. The van der Waals surface area contributed by atoms with Crippen molar-refractivity contribution in [1.29, 1.82) is 0 Å². The number of benzene rings is 1. The molecule has 1 atom stereocenters. The van der Waals surface area contributed by atoms with Crippen molar-refractivity contribution in [3.05, 3.63) is 28.3 Å². The third kappa shape index (κ3) is 3.13. The summed E-state index contributed by atoms with van der Waals surface area (Å²) in [7, 11) is -3.52. The first kappa shape index (κ1) is 15.2. The molecule has 1 unspecified atom stereocenters. The van der Waals surface area contributed by atoms with Crippen LogP contribution in [0.15, 0.2) is 23.1 Å². The Kier molecular flexibility index (Phi) is 3.86. The average molecular weight is 313 g/mol. The molecular weight excluding hydrogens is 298 g/mol. The quantitative estimate of drug-likeness (QED) is 0.630. The molecule has 0 bridgehead atoms. The van der Waals surface area contributed by atoms with E-state index in [1.807, 2.05) is 0 Å². The van der Waals surface area contributed by atoms with E-state index in [9.17, 15) is 23.3 Å². The molecule has 0 saturated carbocycles. The van der Waals surface area contributed by atoms with Crippen molar-refractivity contribution in [2.24, 2.45) is 11.7 Å². The van der Waals surface area contributed by atoms with E-state index in [1.165, 1.54) is 12.1 Å². The molecule has 1 aromatic rings. The van der Waals surface area contributed by atoms with Crippen LogP contribution in [0.3, 0.4) is 0 Å². The summed E-state index contributed by atoms with van der Waals surface area (Å²) >= 11 is 0. The first-order valence-electron chi connectivity index (χ1n) is 6.23. The maximum Gasteiger partial charge on any atom is 0.293 e. The van der Waals surface area contributed by atoms with E-state index in [2.05, 4.69) is 0 Å². The lowest BCUT2D eigenvalue weighted by atomic mass is 10.1. The Balaban J connectivity index is 2.41. The monoisotopic (exact) mass is 313 g/mol. The van der Waals surface area contributed by atoms with E-state index in [0.717, 1.165) is 12.3 Å². The molecule has 0 aliphatic carbocycles. The summed E-state index contributed by atoms with van der Waals surface area (Å²) in [6, 6.07) is 3.77. The molecule has 0 aromatic heterocycles. The van der Waals surface area contributed by atoms with E-state index in [-0.39, 0.29) is 16.5 Å². The van der Waals surface area contributed by atoms with Gasteiger partial charge in [0.05, 0.1) is 15.7 Å². The van der Waals surface area contributed by atoms with Gasteiger partial charge in [0.2, 0.25) is 5.91 Å². The number of amides is 1. The topological polar surface area (TPSA) is 124 Å². The number of carbonyl (C=O) groups excluding carboxylic acids is 1. The number of anilines is 1. The number of primary amides is 1. The Labute approximate surface area is 121 Å². The van der Waals surface area contributed by atoms with Crippen LogP contribution in [-0.2, 0) is 14.6 Å². The minimum Gasteiger partial charge on any atom is -0.369 e. The molecule has 1 aliphatic heterocycles. The van der Waals surface area contributed by atoms with E-state index in [1.54, 1.807) is 4.90 Å². The van der Waals surface area contributed by atoms with Crippen molar-refractivity contribution in [2.45, 2.75) is 11.3 Å². The predicted molar refractivity (Wildman–Crippen MR) is 75.7 cm³/mol. The molecule has 1 amide bonds. The van der Waals surface area contributed by atoms with Crippen LogP contribution in [0.25, 0.3) is 0 Å². The lowest BCUT2D eigenvalue weighted by Crippen LogP contribution is -2.27. The highest BCUT2D eigenvalue weighted by molar-refractivity contribution is 7.90. The molecule has 1 aliphatic rings. The predicted octanol–water partition coefficient (Wildman–Crippen LogP) is 0.310. The summed E-state index contributed by atoms with van der Waals surface area (Å²) in [4.78, 5) is 23.3. The molecule has 1 heterocycles. The molecule has 114 valence electrons. The van der Waals surface area contributed by atoms with Crippen LogP contribution in [0.4, 0.5) is 11.4 Å². The van der Waals surface area contributed by atoms with Gasteiger partial charge in [-0.15, -0.1) is 0 Å². The Bertz CT molecular complexity index is 701. The van der Waals surface area contributed by atoms with Gasteiger partial charge < -0.3 is 10.6 Å². The number of sulfone groups is 1. The average Bonchev–Trinajstić information content (AvgIpc) is 2.86. The second-order valence-electron chi connectivity index (χ2n) is 5.01. The van der Waals surface area contributed by atoms with E-state index >= 15 is 0 Å². The summed E-state index contributed by atoms with van der Waals surface area (Å²) in [5.41, 5.74) is 5.25. The number of nitrogens with zero attached hydrogens (tertiary/aromatic N) is 2. The van der Waals surface area contributed by atoms with Crippen molar-refractivity contribution < 1.29 is 18.1 Å². The van der Waals surface area contributed by atoms with Gasteiger partial charge in [-0.25, -0.2) is 8.42 Å². The van der Waals surface area contributed by atoms with Crippen molar-refractivity contribution in [2.75, 3.05) is 24.2 Å². The van der Waals surface area contributed by atoms with Gasteiger partial charge in [-0.3, -0.25) is 14.9 Å². The smallest absolute Gasteiger partial charge is 0.293 e. The van der Waals surface area contributed by atoms with E-state index in [4.69, 9.17) is 5.73 Å². The fourth-order valence-electron chi connectivity index (χ4n) is 2.36. The summed E-state index contributed by atoms with van der Waals surface area (Å²) < 4.78 is 23.0. The number of nitrogens with two attached hydrogens (primary N) is 1. The highest BCUT2D eigenvalue weighted by atomic mass is 32.2. The van der Waals surface area contributed by atoms with Crippen LogP contribution in [0.1, 0.15) is 6.42 Å². The highest BCUT2D eigenvalue weighted by Gasteiger charge is 2.31. The minimum absolute atomic E-state index is 0.108. The van der Waals surface area contributed by atoms with E-state index in [0.29, 0.717) is 25.2 Å². The zero-order valence-corrected chi connectivity index (χ0v) is 12.2. The van der Waals surface area contributed by atoms with Crippen LogP contribution in [0.2, 0.25) is 0 Å². The molecule has 2 N–H and O–H groups in total. The Morgan fingerprint density at radius 3 is 2.62 bits per heavy atom. The Hall–Kier alpha value is -2.16. The molecule has 1 aromatic carbocycles. The maximum absolute atomic E-state index is 11.5. The summed E-state index contributed by atoms with van der Waals surface area (Å²) in [5, 5.41) is 11.2. The van der Waals surface area contributed by atoms with Crippen LogP contribution in [-0.4, -0.2) is 38.6 Å². The van der Waals surface area contributed by atoms with Crippen molar-refractivity contribution in [1.82, 2.24) is 0 Å². The van der Waals surface area contributed by atoms with Gasteiger partial charge in [-0.1, -0.05) is 0 Å². The number of carbonyl (C=O) groups is 1. The zero-order chi connectivity index (χ0) is 15.8. The van der Waals surface area contributed by atoms with Gasteiger partial charge in [-0.05, 0) is 18.6 Å². The van der Waals surface area contributed by atoms with Gasteiger partial charge in [0.1, 0.15) is 5.69 Å². The van der Waals surface area contributed by atoms with Crippen LogP contribution in [0, 0.1) is 16.0 Å². The zero-order valence-electron chi connectivity index (χ0n) is 11.4. The van der Waals surface area contributed by atoms with Gasteiger partial charge in [0.25, 0.3) is 5.69 Å². The minimum atomic E-state index is -3.52. The number of nitro groups is 1. The summed E-state index contributed by atoms with van der Waals surface area (Å²) in [6.07, 6.45) is 1.52. The molecule has 9 heteroatoms. The fraction of sp³-hybridized carbons (Fsp3) is 0.417. The van der Waals surface area contributed by atoms with Gasteiger partial charge in [0.15, 0.2) is 9.84 Å². The number of nitro benzene ring substituents is 1. The molecule has 1 saturated heterocycles. The van der Waals surface area contributed by atoms with Crippen LogP contribution < -0.4 is 10.6 Å². The SMILES string of the molecule is CS(=O)(=O)c1ccc(N2CCC(C(N)=O)C2)c([N+](=O)[O-])c1. The summed E-state index contributed by atoms with van der Waals surface area (Å²) in [5.74, 6) is -0.785. The van der Waals surface area contributed by atoms with Gasteiger partial charge >= 0.3 is 0 Å². The third-order valence-corrected chi connectivity index (χ3v) is 4.61. The van der Waals surface area contributed by atoms with Crippen molar-refractivity contribution >= 4 is 27.1 Å². The number of hydrogen-bond acceptors (Lipinski definition) is 6. The van der Waals surface area contributed by atoms with E-state index < -0.39 is 20.7 Å². The van der Waals surface area contributed by atoms with Gasteiger partial charge in [-0.2, -0.15) is 0 Å². The lowest BCUT2D eigenvalue weighted by Gasteiger charge is -2.18. The molecule has 8 nitrogen and oxygen atoms in total. The van der Waals surface area contributed by atoms with Crippen molar-refractivity contribution in [3.8, 4) is 0 Å². The molecule has 0 spiro atoms. The number of rotatable bonds is 4. The fourth-order valence-corrected chi connectivity index (χ4v) is 3.00. The van der Waals surface area contributed by atoms with Crippen LogP contribution >= 0.6 is 0 Å². The second kappa shape index (κ2) is 5.32. The molecule has 2 rings (SSSR count). The van der Waals surface area contributed by atoms with Crippen molar-refractivity contribution in [3.63, 3.8) is 0 Å². The Morgan fingerprint density at radius 2 is 2.14 bits per heavy atom. The summed E-state index contributed by atoms with van der Waals surface area (Å²) in [6.45, 7) is 0.765. The standard InChI is InChI=1S/C12H15N3O5S/c1-21(19,20)9-2-3-10(11(6-9)15(17)18)14-5-4-8(7-14)12(13)16/h2-3,6,8H,4-5,7H2,1H3,(H2,13,16). The Morgan fingerprint density at radius 1 is 1.48 bits per heavy atom. The largest absolute Gasteiger partial charge is 0.369 e. The maximum atomic E-state index is 11.5. The lowest BCUT2D eigenvalue weighted by molar-refractivity contribution is -0.384. The second-order valence-corrected chi connectivity index (χ2v) is 7.03. The first-order valence-corrected chi connectivity index (χ1v) is 8.12. The molecule has 1 fully saturated rings. The van der Waals surface area contributed by atoms with Crippen LogP contribution in [0.5, 0.6) is 0 Å². The number of hydrogen-bond donors (Lipinski definition) is 1. The molecule has 21 heavy (non-hydrogen) atoms. The molecular formula is C12H15N3O5S. The normalized spacial score (nSPS) is 18.7.